The lowest BCUT2D eigenvalue weighted by molar-refractivity contribution is -0.129. The van der Waals surface area contributed by atoms with E-state index in [-0.39, 0.29) is 18.1 Å². The number of amides is 2. The van der Waals surface area contributed by atoms with Gasteiger partial charge in [-0.1, -0.05) is 30.3 Å². The Hall–Kier alpha value is -3.35. The van der Waals surface area contributed by atoms with E-state index in [2.05, 4.69) is 5.32 Å². The second kappa shape index (κ2) is 9.96. The lowest BCUT2D eigenvalue weighted by atomic mass is 10.1. The highest BCUT2D eigenvalue weighted by molar-refractivity contribution is 5.92. The third-order valence-electron chi connectivity index (χ3n) is 3.68. The molecule has 0 aromatic heterocycles. The summed E-state index contributed by atoms with van der Waals surface area (Å²) in [5.41, 5.74) is 6.37. The highest BCUT2D eigenvalue weighted by Crippen LogP contribution is 2.13. The van der Waals surface area contributed by atoms with Crippen LogP contribution in [0.25, 0.3) is 0 Å². The largest absolute Gasteiger partial charge is 0.484 e. The molecule has 0 bridgehead atoms. The molecule has 0 spiro atoms. The van der Waals surface area contributed by atoms with Crippen LogP contribution in [0.15, 0.2) is 54.6 Å². The summed E-state index contributed by atoms with van der Waals surface area (Å²) in [4.78, 5) is 34.8. The van der Waals surface area contributed by atoms with Crippen LogP contribution in [-0.4, -0.2) is 37.0 Å². The van der Waals surface area contributed by atoms with Crippen LogP contribution in [-0.2, 0) is 20.7 Å². The highest BCUT2D eigenvalue weighted by atomic mass is 16.5. The molecule has 2 aromatic rings. The first-order valence-electron chi connectivity index (χ1n) is 8.49. The van der Waals surface area contributed by atoms with Gasteiger partial charge in [-0.2, -0.15) is 0 Å². The van der Waals surface area contributed by atoms with Crippen LogP contribution in [0.5, 0.6) is 5.75 Å². The van der Waals surface area contributed by atoms with Gasteiger partial charge in [0.1, 0.15) is 5.75 Å². The van der Waals surface area contributed by atoms with Crippen LogP contribution in [0.4, 0.5) is 0 Å². The van der Waals surface area contributed by atoms with Gasteiger partial charge < -0.3 is 20.5 Å². The summed E-state index contributed by atoms with van der Waals surface area (Å²) in [5, 5.41) is 2.74. The Morgan fingerprint density at radius 3 is 2.33 bits per heavy atom. The van der Waals surface area contributed by atoms with Crippen molar-refractivity contribution in [2.45, 2.75) is 19.4 Å². The standard InChI is InChI=1S/C20H22N2O5/c1-14(19(24)22-12-11-15-5-3-2-4-6-15)27-20(25)16-7-9-17(10-8-16)26-13-18(21)23/h2-10,14H,11-13H2,1H3,(H2,21,23)(H,22,24). The molecule has 1 unspecified atom stereocenters. The van der Waals surface area contributed by atoms with Gasteiger partial charge in [0.15, 0.2) is 12.7 Å². The minimum Gasteiger partial charge on any atom is -0.484 e. The molecule has 7 nitrogen and oxygen atoms in total. The smallest absolute Gasteiger partial charge is 0.338 e. The maximum Gasteiger partial charge on any atom is 0.338 e. The van der Waals surface area contributed by atoms with Gasteiger partial charge in [-0.25, -0.2) is 4.79 Å². The van der Waals surface area contributed by atoms with Crippen LogP contribution in [0.3, 0.4) is 0 Å². The Labute approximate surface area is 157 Å². The van der Waals surface area contributed by atoms with E-state index in [4.69, 9.17) is 15.2 Å². The van der Waals surface area contributed by atoms with Crippen LogP contribution in [0.1, 0.15) is 22.8 Å². The first kappa shape index (κ1) is 20.0. The van der Waals surface area contributed by atoms with Gasteiger partial charge >= 0.3 is 5.97 Å². The van der Waals surface area contributed by atoms with Crippen LogP contribution >= 0.6 is 0 Å². The second-order valence-electron chi connectivity index (χ2n) is 5.85. The van der Waals surface area contributed by atoms with E-state index in [0.29, 0.717) is 18.7 Å². The zero-order valence-electron chi connectivity index (χ0n) is 15.0. The molecular formula is C20H22N2O5. The van der Waals surface area contributed by atoms with Gasteiger partial charge in [0.05, 0.1) is 5.56 Å². The number of hydrogen-bond donors (Lipinski definition) is 2. The third kappa shape index (κ3) is 6.81. The summed E-state index contributed by atoms with van der Waals surface area (Å²) >= 11 is 0. The van der Waals surface area contributed by atoms with Gasteiger partial charge in [0, 0.05) is 6.54 Å². The number of esters is 1. The molecular weight excluding hydrogens is 348 g/mol. The van der Waals surface area contributed by atoms with E-state index in [9.17, 15) is 14.4 Å². The Morgan fingerprint density at radius 1 is 1.04 bits per heavy atom. The number of nitrogens with two attached hydrogens (primary N) is 1. The Morgan fingerprint density at radius 2 is 1.70 bits per heavy atom. The predicted molar refractivity (Wildman–Crippen MR) is 99.2 cm³/mol. The number of benzene rings is 2. The summed E-state index contributed by atoms with van der Waals surface area (Å²) in [6, 6.07) is 15.8. The molecule has 1 atom stereocenters. The molecule has 0 radical (unpaired) electrons. The lowest BCUT2D eigenvalue weighted by Crippen LogP contribution is -2.36. The van der Waals surface area contributed by atoms with E-state index < -0.39 is 18.0 Å². The predicted octanol–water partition coefficient (Wildman–Crippen LogP) is 1.45. The molecule has 0 aliphatic heterocycles. The summed E-state index contributed by atoms with van der Waals surface area (Å²) < 4.78 is 10.3. The van der Waals surface area contributed by atoms with E-state index in [1.54, 1.807) is 0 Å². The molecule has 0 aliphatic carbocycles. The molecule has 0 saturated carbocycles. The molecule has 2 rings (SSSR count). The minimum absolute atomic E-state index is 0.246. The topological polar surface area (TPSA) is 108 Å². The second-order valence-corrected chi connectivity index (χ2v) is 5.85. The quantitative estimate of drug-likeness (QED) is 0.650. The van der Waals surface area contributed by atoms with Crippen molar-refractivity contribution >= 4 is 17.8 Å². The third-order valence-corrected chi connectivity index (χ3v) is 3.68. The number of hydrogen-bond acceptors (Lipinski definition) is 5. The van der Waals surface area contributed by atoms with Crippen molar-refractivity contribution < 1.29 is 23.9 Å². The normalized spacial score (nSPS) is 11.3. The minimum atomic E-state index is -0.918. The van der Waals surface area contributed by atoms with Gasteiger partial charge in [0.25, 0.3) is 11.8 Å². The monoisotopic (exact) mass is 370 g/mol. The molecule has 3 N–H and O–H groups in total. The van der Waals surface area contributed by atoms with E-state index in [0.717, 1.165) is 5.56 Å². The molecule has 2 aromatic carbocycles. The van der Waals surface area contributed by atoms with Gasteiger partial charge in [-0.3, -0.25) is 9.59 Å². The summed E-state index contributed by atoms with van der Waals surface area (Å²) in [5.74, 6) is -1.18. The van der Waals surface area contributed by atoms with Gasteiger partial charge in [0.2, 0.25) is 0 Å². The SMILES string of the molecule is CC(OC(=O)c1ccc(OCC(N)=O)cc1)C(=O)NCCc1ccccc1. The number of nitrogens with one attached hydrogen (secondary N) is 1. The maximum absolute atomic E-state index is 12.1. The first-order chi connectivity index (χ1) is 13.0. The number of carbonyl (C=O) groups excluding carboxylic acids is 3. The maximum atomic E-state index is 12.1. The average Bonchev–Trinajstić information content (AvgIpc) is 2.67. The number of carbonyl (C=O) groups is 3. The number of primary amides is 1. The zero-order valence-corrected chi connectivity index (χ0v) is 15.0. The Balaban J connectivity index is 1.78. The van der Waals surface area contributed by atoms with Crippen molar-refractivity contribution in [3.05, 3.63) is 65.7 Å². The van der Waals surface area contributed by atoms with Crippen molar-refractivity contribution in [2.75, 3.05) is 13.2 Å². The van der Waals surface area contributed by atoms with Crippen molar-refractivity contribution in [1.29, 1.82) is 0 Å². The fraction of sp³-hybridized carbons (Fsp3) is 0.250. The highest BCUT2D eigenvalue weighted by Gasteiger charge is 2.18. The van der Waals surface area contributed by atoms with E-state index in [1.807, 2.05) is 30.3 Å². The Bertz CT molecular complexity index is 775. The molecule has 7 heteroatoms. The zero-order chi connectivity index (χ0) is 19.6. The van der Waals surface area contributed by atoms with Crippen LogP contribution < -0.4 is 15.8 Å². The van der Waals surface area contributed by atoms with Crippen molar-refractivity contribution in [3.63, 3.8) is 0 Å². The van der Waals surface area contributed by atoms with Crippen molar-refractivity contribution in [3.8, 4) is 5.75 Å². The molecule has 0 saturated heterocycles. The Kier molecular flexibility index (Phi) is 7.37. The number of ether oxygens (including phenoxy) is 2. The van der Waals surface area contributed by atoms with Crippen LogP contribution in [0.2, 0.25) is 0 Å². The van der Waals surface area contributed by atoms with Crippen molar-refractivity contribution in [1.82, 2.24) is 5.32 Å². The lowest BCUT2D eigenvalue weighted by Gasteiger charge is -2.14. The fourth-order valence-corrected chi connectivity index (χ4v) is 2.24. The molecule has 2 amide bonds. The van der Waals surface area contributed by atoms with Crippen LogP contribution in [0, 0.1) is 0 Å². The summed E-state index contributed by atoms with van der Waals surface area (Å²) in [7, 11) is 0. The molecule has 0 fully saturated rings. The van der Waals surface area contributed by atoms with Gasteiger partial charge in [-0.05, 0) is 43.2 Å². The number of rotatable bonds is 9. The average molecular weight is 370 g/mol. The molecule has 0 aliphatic rings. The van der Waals surface area contributed by atoms with E-state index >= 15 is 0 Å². The first-order valence-corrected chi connectivity index (χ1v) is 8.49. The van der Waals surface area contributed by atoms with Crippen molar-refractivity contribution in [2.24, 2.45) is 5.73 Å². The fourth-order valence-electron chi connectivity index (χ4n) is 2.24. The van der Waals surface area contributed by atoms with E-state index in [1.165, 1.54) is 31.2 Å². The van der Waals surface area contributed by atoms with Gasteiger partial charge in [-0.15, -0.1) is 0 Å². The summed E-state index contributed by atoms with van der Waals surface area (Å²) in [6.45, 7) is 1.72. The molecule has 0 heterocycles. The molecule has 27 heavy (non-hydrogen) atoms. The summed E-state index contributed by atoms with van der Waals surface area (Å²) in [6.07, 6.45) is -0.223. The molecule has 142 valence electrons.